The maximum atomic E-state index is 3.56. The van der Waals surface area contributed by atoms with Gasteiger partial charge in [-0.05, 0) is 48.0 Å². The van der Waals surface area contributed by atoms with Crippen LogP contribution in [0.4, 0.5) is 0 Å². The van der Waals surface area contributed by atoms with Crippen LogP contribution in [0, 0.1) is 0 Å². The molecule has 1 aromatic rings. The van der Waals surface area contributed by atoms with E-state index in [0.717, 1.165) is 12.3 Å². The predicted molar refractivity (Wildman–Crippen MR) is 72.6 cm³/mol. The van der Waals surface area contributed by atoms with Crippen molar-refractivity contribution in [3.8, 4) is 0 Å². The Kier molecular flexibility index (Phi) is 6.37. The SMILES string of the molecule is CCCNC(C)CSc1ccccc1Br. The summed E-state index contributed by atoms with van der Waals surface area (Å²) >= 11 is 5.45. The topological polar surface area (TPSA) is 12.0 Å². The molecular weight excluding hydrogens is 270 g/mol. The smallest absolute Gasteiger partial charge is 0.0311 e. The molecule has 1 aromatic carbocycles. The van der Waals surface area contributed by atoms with E-state index < -0.39 is 0 Å². The average Bonchev–Trinajstić information content (AvgIpc) is 2.25. The Morgan fingerprint density at radius 2 is 2.13 bits per heavy atom. The van der Waals surface area contributed by atoms with E-state index >= 15 is 0 Å². The summed E-state index contributed by atoms with van der Waals surface area (Å²) in [6.07, 6.45) is 1.20. The van der Waals surface area contributed by atoms with E-state index in [1.54, 1.807) is 0 Å². The highest BCUT2D eigenvalue weighted by molar-refractivity contribution is 9.10. The Labute approximate surface area is 105 Å². The first kappa shape index (κ1) is 13.1. The average molecular weight is 288 g/mol. The fourth-order valence-electron chi connectivity index (χ4n) is 1.23. The molecule has 0 radical (unpaired) electrons. The fraction of sp³-hybridized carbons (Fsp3) is 0.500. The number of benzene rings is 1. The lowest BCUT2D eigenvalue weighted by Crippen LogP contribution is -2.28. The molecule has 0 aliphatic carbocycles. The van der Waals surface area contributed by atoms with Crippen molar-refractivity contribution in [1.29, 1.82) is 0 Å². The van der Waals surface area contributed by atoms with Crippen molar-refractivity contribution in [3.63, 3.8) is 0 Å². The van der Waals surface area contributed by atoms with Gasteiger partial charge < -0.3 is 5.32 Å². The zero-order valence-corrected chi connectivity index (χ0v) is 11.7. The van der Waals surface area contributed by atoms with E-state index in [1.807, 2.05) is 17.8 Å². The molecule has 15 heavy (non-hydrogen) atoms. The maximum Gasteiger partial charge on any atom is 0.0311 e. The zero-order valence-electron chi connectivity index (χ0n) is 9.29. The van der Waals surface area contributed by atoms with Crippen molar-refractivity contribution in [2.75, 3.05) is 12.3 Å². The molecule has 0 aliphatic heterocycles. The number of hydrogen-bond acceptors (Lipinski definition) is 2. The van der Waals surface area contributed by atoms with Gasteiger partial charge in [-0.3, -0.25) is 0 Å². The summed E-state index contributed by atoms with van der Waals surface area (Å²) in [6, 6.07) is 8.94. The Balaban J connectivity index is 2.33. The van der Waals surface area contributed by atoms with Gasteiger partial charge >= 0.3 is 0 Å². The summed E-state index contributed by atoms with van der Waals surface area (Å²) in [5.74, 6) is 1.11. The Bertz CT molecular complexity index is 291. The van der Waals surface area contributed by atoms with Gasteiger partial charge in [0.05, 0.1) is 0 Å². The highest BCUT2D eigenvalue weighted by atomic mass is 79.9. The van der Waals surface area contributed by atoms with Crippen LogP contribution >= 0.6 is 27.7 Å². The molecule has 1 unspecified atom stereocenters. The summed E-state index contributed by atoms with van der Waals surface area (Å²) < 4.78 is 1.19. The van der Waals surface area contributed by atoms with Crippen molar-refractivity contribution < 1.29 is 0 Å². The largest absolute Gasteiger partial charge is 0.313 e. The summed E-state index contributed by atoms with van der Waals surface area (Å²) in [6.45, 7) is 5.54. The molecule has 84 valence electrons. The molecular formula is C12H18BrNS. The van der Waals surface area contributed by atoms with Gasteiger partial charge in [-0.2, -0.15) is 0 Å². The van der Waals surface area contributed by atoms with Crippen LogP contribution < -0.4 is 5.32 Å². The van der Waals surface area contributed by atoms with Crippen LogP contribution in [0.15, 0.2) is 33.6 Å². The Hall–Kier alpha value is 0.01000. The van der Waals surface area contributed by atoms with Gasteiger partial charge in [0, 0.05) is 21.2 Å². The maximum absolute atomic E-state index is 3.56. The van der Waals surface area contributed by atoms with Gasteiger partial charge in [0.1, 0.15) is 0 Å². The molecule has 3 heteroatoms. The van der Waals surface area contributed by atoms with Gasteiger partial charge in [-0.25, -0.2) is 0 Å². The molecule has 0 aliphatic rings. The summed E-state index contributed by atoms with van der Waals surface area (Å²) in [5.41, 5.74) is 0. The normalized spacial score (nSPS) is 12.7. The second-order valence-electron chi connectivity index (χ2n) is 3.60. The predicted octanol–water partition coefficient (Wildman–Crippen LogP) is 3.93. The quantitative estimate of drug-likeness (QED) is 0.796. The van der Waals surface area contributed by atoms with Crippen LogP contribution in [-0.4, -0.2) is 18.3 Å². The number of rotatable bonds is 6. The number of nitrogens with one attached hydrogen (secondary N) is 1. The molecule has 0 aromatic heterocycles. The molecule has 0 amide bonds. The van der Waals surface area contributed by atoms with Gasteiger partial charge in [-0.1, -0.05) is 19.1 Å². The molecule has 0 bridgehead atoms. The molecule has 1 rings (SSSR count). The lowest BCUT2D eigenvalue weighted by Gasteiger charge is -2.12. The molecule has 0 saturated carbocycles. The zero-order chi connectivity index (χ0) is 11.1. The number of hydrogen-bond donors (Lipinski definition) is 1. The van der Waals surface area contributed by atoms with E-state index in [4.69, 9.17) is 0 Å². The summed E-state index contributed by atoms with van der Waals surface area (Å²) in [7, 11) is 0. The summed E-state index contributed by atoms with van der Waals surface area (Å²) in [4.78, 5) is 1.32. The third-order valence-electron chi connectivity index (χ3n) is 2.07. The second kappa shape index (κ2) is 7.31. The molecule has 0 saturated heterocycles. The van der Waals surface area contributed by atoms with Crippen LogP contribution in [0.3, 0.4) is 0 Å². The van der Waals surface area contributed by atoms with Gasteiger partial charge in [-0.15, -0.1) is 11.8 Å². The van der Waals surface area contributed by atoms with Crippen LogP contribution in [0.25, 0.3) is 0 Å². The van der Waals surface area contributed by atoms with Crippen LogP contribution in [0.5, 0.6) is 0 Å². The molecule has 1 atom stereocenters. The fourth-order valence-corrected chi connectivity index (χ4v) is 2.78. The minimum atomic E-state index is 0.571. The lowest BCUT2D eigenvalue weighted by molar-refractivity contribution is 0.590. The van der Waals surface area contributed by atoms with E-state index in [2.05, 4.69) is 53.3 Å². The monoisotopic (exact) mass is 287 g/mol. The third kappa shape index (κ3) is 5.05. The first-order valence-electron chi connectivity index (χ1n) is 5.34. The van der Waals surface area contributed by atoms with Crippen LogP contribution in [0.2, 0.25) is 0 Å². The third-order valence-corrected chi connectivity index (χ3v) is 4.36. The van der Waals surface area contributed by atoms with Crippen molar-refractivity contribution in [2.45, 2.75) is 31.2 Å². The highest BCUT2D eigenvalue weighted by Gasteiger charge is 2.03. The highest BCUT2D eigenvalue weighted by Crippen LogP contribution is 2.27. The van der Waals surface area contributed by atoms with E-state index in [0.29, 0.717) is 6.04 Å². The van der Waals surface area contributed by atoms with E-state index in [1.165, 1.54) is 15.8 Å². The van der Waals surface area contributed by atoms with Crippen molar-refractivity contribution in [2.24, 2.45) is 0 Å². The minimum Gasteiger partial charge on any atom is -0.313 e. The van der Waals surface area contributed by atoms with E-state index in [-0.39, 0.29) is 0 Å². The second-order valence-corrected chi connectivity index (χ2v) is 5.51. The van der Waals surface area contributed by atoms with Gasteiger partial charge in [0.25, 0.3) is 0 Å². The van der Waals surface area contributed by atoms with Crippen molar-refractivity contribution in [1.82, 2.24) is 5.32 Å². The van der Waals surface area contributed by atoms with Crippen molar-refractivity contribution >= 4 is 27.7 Å². The molecule has 1 nitrogen and oxygen atoms in total. The van der Waals surface area contributed by atoms with E-state index in [9.17, 15) is 0 Å². The first-order valence-corrected chi connectivity index (χ1v) is 7.12. The van der Waals surface area contributed by atoms with Gasteiger partial charge in [0.2, 0.25) is 0 Å². The molecule has 0 heterocycles. The Morgan fingerprint density at radius 1 is 1.40 bits per heavy atom. The van der Waals surface area contributed by atoms with Crippen LogP contribution in [0.1, 0.15) is 20.3 Å². The lowest BCUT2D eigenvalue weighted by atomic mass is 10.3. The minimum absolute atomic E-state index is 0.571. The van der Waals surface area contributed by atoms with Crippen molar-refractivity contribution in [3.05, 3.63) is 28.7 Å². The summed E-state index contributed by atoms with van der Waals surface area (Å²) in [5, 5.41) is 3.49. The van der Waals surface area contributed by atoms with Crippen LogP contribution in [-0.2, 0) is 0 Å². The number of thioether (sulfide) groups is 1. The standard InChI is InChI=1S/C12H18BrNS/c1-3-8-14-10(2)9-15-12-7-5-4-6-11(12)13/h4-7,10,14H,3,8-9H2,1-2H3. The molecule has 0 spiro atoms. The Morgan fingerprint density at radius 3 is 2.80 bits per heavy atom. The first-order chi connectivity index (χ1) is 7.24. The number of halogens is 1. The van der Waals surface area contributed by atoms with Gasteiger partial charge in [0.15, 0.2) is 0 Å². The molecule has 1 N–H and O–H groups in total. The molecule has 0 fully saturated rings.